The standard InChI is InChI=1S/C14H26N2O/c1-10-7-11(9-12(15)8-10)13(17)16-6-4-5-14(16,2)3/h10-12H,4-9,15H2,1-3H3. The Bertz CT molecular complexity index is 291. The van der Waals surface area contributed by atoms with Gasteiger partial charge in [-0.25, -0.2) is 0 Å². The number of nitrogens with zero attached hydrogens (tertiary/aromatic N) is 1. The number of nitrogens with two attached hydrogens (primary N) is 1. The lowest BCUT2D eigenvalue weighted by Gasteiger charge is -2.38. The van der Waals surface area contributed by atoms with E-state index in [1.807, 2.05) is 0 Å². The first-order valence-electron chi connectivity index (χ1n) is 6.97. The number of hydrogen-bond donors (Lipinski definition) is 1. The minimum absolute atomic E-state index is 0.0574. The first kappa shape index (κ1) is 12.9. The molecule has 2 N–H and O–H groups in total. The van der Waals surface area contributed by atoms with Crippen LogP contribution >= 0.6 is 0 Å². The molecule has 3 atom stereocenters. The average Bonchev–Trinajstić information content (AvgIpc) is 2.55. The summed E-state index contributed by atoms with van der Waals surface area (Å²) < 4.78 is 0. The molecule has 0 aromatic heterocycles. The highest BCUT2D eigenvalue weighted by molar-refractivity contribution is 5.80. The van der Waals surface area contributed by atoms with E-state index in [0.717, 1.165) is 38.6 Å². The molecule has 0 bridgehead atoms. The summed E-state index contributed by atoms with van der Waals surface area (Å²) in [7, 11) is 0. The molecule has 1 saturated heterocycles. The van der Waals surface area contributed by atoms with E-state index in [9.17, 15) is 4.79 Å². The van der Waals surface area contributed by atoms with Gasteiger partial charge in [0.2, 0.25) is 5.91 Å². The van der Waals surface area contributed by atoms with Gasteiger partial charge >= 0.3 is 0 Å². The van der Waals surface area contributed by atoms with E-state index >= 15 is 0 Å². The van der Waals surface area contributed by atoms with Crippen LogP contribution in [0, 0.1) is 11.8 Å². The van der Waals surface area contributed by atoms with Crippen LogP contribution < -0.4 is 5.73 Å². The van der Waals surface area contributed by atoms with Gasteiger partial charge in [-0.3, -0.25) is 4.79 Å². The summed E-state index contributed by atoms with van der Waals surface area (Å²) in [6.45, 7) is 7.52. The molecule has 1 aliphatic carbocycles. The molecule has 1 heterocycles. The molecule has 1 saturated carbocycles. The number of likely N-dealkylation sites (tertiary alicyclic amines) is 1. The lowest BCUT2D eigenvalue weighted by atomic mass is 9.79. The second-order valence-corrected chi connectivity index (χ2v) is 6.68. The lowest BCUT2D eigenvalue weighted by Crippen LogP contribution is -2.48. The Balaban J connectivity index is 2.04. The molecule has 1 aliphatic heterocycles. The minimum atomic E-state index is 0.0574. The highest BCUT2D eigenvalue weighted by Gasteiger charge is 2.40. The van der Waals surface area contributed by atoms with Gasteiger partial charge in [0.05, 0.1) is 0 Å². The molecule has 17 heavy (non-hydrogen) atoms. The molecule has 0 spiro atoms. The summed E-state index contributed by atoms with van der Waals surface area (Å²) in [5.74, 6) is 1.12. The number of hydrogen-bond acceptors (Lipinski definition) is 2. The van der Waals surface area contributed by atoms with E-state index in [-0.39, 0.29) is 17.5 Å². The topological polar surface area (TPSA) is 46.3 Å². The maximum atomic E-state index is 12.6. The van der Waals surface area contributed by atoms with Gasteiger partial charge in [-0.05, 0) is 51.9 Å². The third kappa shape index (κ3) is 2.65. The minimum Gasteiger partial charge on any atom is -0.337 e. The van der Waals surface area contributed by atoms with E-state index in [1.54, 1.807) is 0 Å². The Kier molecular flexibility index (Phi) is 3.48. The number of rotatable bonds is 1. The molecule has 2 aliphatic rings. The van der Waals surface area contributed by atoms with Crippen LogP contribution in [0.3, 0.4) is 0 Å². The maximum Gasteiger partial charge on any atom is 0.226 e. The quantitative estimate of drug-likeness (QED) is 0.761. The van der Waals surface area contributed by atoms with Gasteiger partial charge in [0.15, 0.2) is 0 Å². The Labute approximate surface area is 105 Å². The van der Waals surface area contributed by atoms with Crippen molar-refractivity contribution in [3.05, 3.63) is 0 Å². The monoisotopic (exact) mass is 238 g/mol. The van der Waals surface area contributed by atoms with Gasteiger partial charge in [0, 0.05) is 24.0 Å². The van der Waals surface area contributed by atoms with Crippen LogP contribution in [0.1, 0.15) is 52.9 Å². The molecule has 3 nitrogen and oxygen atoms in total. The first-order chi connectivity index (χ1) is 7.90. The van der Waals surface area contributed by atoms with Crippen LogP contribution in [0.4, 0.5) is 0 Å². The molecule has 98 valence electrons. The predicted octanol–water partition coefficient (Wildman–Crippen LogP) is 2.15. The average molecular weight is 238 g/mol. The maximum absolute atomic E-state index is 12.6. The van der Waals surface area contributed by atoms with Crippen molar-refractivity contribution in [1.29, 1.82) is 0 Å². The first-order valence-corrected chi connectivity index (χ1v) is 6.97. The van der Waals surface area contributed by atoms with E-state index in [0.29, 0.717) is 11.8 Å². The molecule has 0 aromatic rings. The fraction of sp³-hybridized carbons (Fsp3) is 0.929. The number of amides is 1. The molecule has 0 radical (unpaired) electrons. The number of carbonyl (C=O) groups is 1. The highest BCUT2D eigenvalue weighted by atomic mass is 16.2. The fourth-order valence-electron chi connectivity index (χ4n) is 3.59. The van der Waals surface area contributed by atoms with Gasteiger partial charge in [0.25, 0.3) is 0 Å². The van der Waals surface area contributed by atoms with Crippen LogP contribution in [0.15, 0.2) is 0 Å². The van der Waals surface area contributed by atoms with Crippen molar-refractivity contribution in [2.24, 2.45) is 17.6 Å². The third-order valence-corrected chi connectivity index (χ3v) is 4.50. The Morgan fingerprint density at radius 3 is 2.53 bits per heavy atom. The highest BCUT2D eigenvalue weighted by Crippen LogP contribution is 2.34. The second kappa shape index (κ2) is 4.60. The zero-order valence-electron chi connectivity index (χ0n) is 11.4. The SMILES string of the molecule is CC1CC(N)CC(C(=O)N2CCCC2(C)C)C1. The van der Waals surface area contributed by atoms with E-state index < -0.39 is 0 Å². The molecule has 3 unspecified atom stereocenters. The summed E-state index contributed by atoms with van der Waals surface area (Å²) >= 11 is 0. The van der Waals surface area contributed by atoms with Crippen molar-refractivity contribution in [3.63, 3.8) is 0 Å². The van der Waals surface area contributed by atoms with Gasteiger partial charge in [-0.2, -0.15) is 0 Å². The van der Waals surface area contributed by atoms with Crippen molar-refractivity contribution >= 4 is 5.91 Å². The smallest absolute Gasteiger partial charge is 0.226 e. The van der Waals surface area contributed by atoms with Crippen molar-refractivity contribution in [2.75, 3.05) is 6.54 Å². The summed E-state index contributed by atoms with van der Waals surface area (Å²) in [6, 6.07) is 0.221. The second-order valence-electron chi connectivity index (χ2n) is 6.68. The molecular formula is C14H26N2O. The molecule has 0 aromatic carbocycles. The number of carbonyl (C=O) groups excluding carboxylic acids is 1. The van der Waals surface area contributed by atoms with Crippen LogP contribution in [-0.4, -0.2) is 28.9 Å². The molecular weight excluding hydrogens is 212 g/mol. The predicted molar refractivity (Wildman–Crippen MR) is 69.5 cm³/mol. The van der Waals surface area contributed by atoms with Crippen LogP contribution in [0.2, 0.25) is 0 Å². The van der Waals surface area contributed by atoms with Crippen molar-refractivity contribution in [2.45, 2.75) is 64.5 Å². The van der Waals surface area contributed by atoms with E-state index in [1.165, 1.54) is 0 Å². The zero-order chi connectivity index (χ0) is 12.6. The summed E-state index contributed by atoms with van der Waals surface area (Å²) in [5, 5.41) is 0. The van der Waals surface area contributed by atoms with E-state index in [2.05, 4.69) is 25.7 Å². The van der Waals surface area contributed by atoms with Gasteiger partial charge in [-0.15, -0.1) is 0 Å². The van der Waals surface area contributed by atoms with Crippen LogP contribution in [-0.2, 0) is 4.79 Å². The van der Waals surface area contributed by atoms with Gasteiger partial charge < -0.3 is 10.6 Å². The zero-order valence-corrected chi connectivity index (χ0v) is 11.4. The van der Waals surface area contributed by atoms with Gasteiger partial charge in [-0.1, -0.05) is 6.92 Å². The molecule has 2 rings (SSSR count). The Hall–Kier alpha value is -0.570. The van der Waals surface area contributed by atoms with Crippen molar-refractivity contribution in [3.8, 4) is 0 Å². The fourth-order valence-corrected chi connectivity index (χ4v) is 3.59. The third-order valence-electron chi connectivity index (χ3n) is 4.50. The largest absolute Gasteiger partial charge is 0.337 e. The summed E-state index contributed by atoms with van der Waals surface area (Å²) in [4.78, 5) is 14.7. The molecule has 3 heteroatoms. The lowest BCUT2D eigenvalue weighted by molar-refractivity contribution is -0.140. The summed E-state index contributed by atoms with van der Waals surface area (Å²) in [6.07, 6.45) is 5.27. The molecule has 2 fully saturated rings. The van der Waals surface area contributed by atoms with Crippen molar-refractivity contribution in [1.82, 2.24) is 4.90 Å². The Morgan fingerprint density at radius 1 is 1.29 bits per heavy atom. The van der Waals surface area contributed by atoms with Gasteiger partial charge in [0.1, 0.15) is 0 Å². The van der Waals surface area contributed by atoms with Crippen molar-refractivity contribution < 1.29 is 4.79 Å². The normalized spacial score (nSPS) is 37.2. The Morgan fingerprint density at radius 2 is 2.00 bits per heavy atom. The van der Waals surface area contributed by atoms with Crippen LogP contribution in [0.25, 0.3) is 0 Å². The van der Waals surface area contributed by atoms with Crippen LogP contribution in [0.5, 0.6) is 0 Å². The van der Waals surface area contributed by atoms with E-state index in [4.69, 9.17) is 5.73 Å². The molecule has 1 amide bonds. The summed E-state index contributed by atoms with van der Waals surface area (Å²) in [5.41, 5.74) is 6.11.